The minimum absolute atomic E-state index is 0.506. The number of anilines is 2. The van der Waals surface area contributed by atoms with Crippen molar-refractivity contribution >= 4 is 33.6 Å². The molecule has 3 aromatic heterocycles. The topological polar surface area (TPSA) is 93.8 Å². The first-order valence-corrected chi connectivity index (χ1v) is 10.6. The minimum Gasteiger partial charge on any atom is -0.497 e. The van der Waals surface area contributed by atoms with Gasteiger partial charge in [0.15, 0.2) is 0 Å². The number of benzene rings is 2. The number of rotatable bonds is 7. The number of nitrogens with two attached hydrogens (primary N) is 1. The van der Waals surface area contributed by atoms with Gasteiger partial charge in [-0.1, -0.05) is 6.07 Å². The zero-order chi connectivity index (χ0) is 22.1. The SMILES string of the molecule is COc1ccc2c(c1)c(CCNc1ncc(Cc3ccc4[nH]ccc4c3)c(N)n1)cn2C. The number of fused-ring (bicyclic) bond motifs is 2. The summed E-state index contributed by atoms with van der Waals surface area (Å²) < 4.78 is 7.52. The highest BCUT2D eigenvalue weighted by molar-refractivity contribution is 5.85. The Morgan fingerprint density at radius 1 is 1.12 bits per heavy atom. The van der Waals surface area contributed by atoms with Crippen LogP contribution < -0.4 is 15.8 Å². The van der Waals surface area contributed by atoms with Crippen molar-refractivity contribution < 1.29 is 4.74 Å². The lowest BCUT2D eigenvalue weighted by Gasteiger charge is -2.09. The van der Waals surface area contributed by atoms with Crippen molar-refractivity contribution in [2.24, 2.45) is 7.05 Å². The summed E-state index contributed by atoms with van der Waals surface area (Å²) in [5.41, 5.74) is 11.9. The van der Waals surface area contributed by atoms with Gasteiger partial charge in [0.2, 0.25) is 5.95 Å². The number of aromatic amines is 1. The second-order valence-electron chi connectivity index (χ2n) is 8.01. The Bertz CT molecular complexity index is 1400. The first-order chi connectivity index (χ1) is 15.6. The third-order valence-corrected chi connectivity index (χ3v) is 5.87. The molecule has 0 amide bonds. The number of aromatic nitrogens is 4. The van der Waals surface area contributed by atoms with Crippen molar-refractivity contribution in [3.8, 4) is 5.75 Å². The fourth-order valence-electron chi connectivity index (χ4n) is 4.16. The molecular weight excluding hydrogens is 400 g/mol. The molecule has 0 fully saturated rings. The number of H-pyrrole nitrogens is 1. The van der Waals surface area contributed by atoms with E-state index >= 15 is 0 Å². The van der Waals surface area contributed by atoms with Gasteiger partial charge in [-0.3, -0.25) is 0 Å². The maximum absolute atomic E-state index is 6.24. The number of methoxy groups -OCH3 is 1. The van der Waals surface area contributed by atoms with Crippen LogP contribution in [-0.2, 0) is 19.9 Å². The second kappa shape index (κ2) is 8.26. The molecule has 32 heavy (non-hydrogen) atoms. The smallest absolute Gasteiger partial charge is 0.224 e. The van der Waals surface area contributed by atoms with Crippen LogP contribution in [0.25, 0.3) is 21.8 Å². The van der Waals surface area contributed by atoms with E-state index in [2.05, 4.69) is 74.5 Å². The van der Waals surface area contributed by atoms with Gasteiger partial charge in [0.1, 0.15) is 11.6 Å². The van der Waals surface area contributed by atoms with Gasteiger partial charge in [0, 0.05) is 60.6 Å². The molecular formula is C25H26N6O. The Morgan fingerprint density at radius 2 is 2.03 bits per heavy atom. The lowest BCUT2D eigenvalue weighted by molar-refractivity contribution is 0.415. The summed E-state index contributed by atoms with van der Waals surface area (Å²) in [6.07, 6.45) is 7.46. The summed E-state index contributed by atoms with van der Waals surface area (Å²) in [6, 6.07) is 14.6. The van der Waals surface area contributed by atoms with Crippen molar-refractivity contribution in [3.63, 3.8) is 0 Å². The Hall–Kier alpha value is -4.00. The van der Waals surface area contributed by atoms with Gasteiger partial charge >= 0.3 is 0 Å². The number of hydrogen-bond acceptors (Lipinski definition) is 5. The van der Waals surface area contributed by atoms with Gasteiger partial charge in [0.25, 0.3) is 0 Å². The van der Waals surface area contributed by atoms with Crippen LogP contribution >= 0.6 is 0 Å². The number of nitrogens with zero attached hydrogens (tertiary/aromatic N) is 3. The van der Waals surface area contributed by atoms with Crippen LogP contribution in [0.15, 0.2) is 61.1 Å². The summed E-state index contributed by atoms with van der Waals surface area (Å²) in [5, 5.41) is 5.69. The number of aryl methyl sites for hydroxylation is 1. The van der Waals surface area contributed by atoms with E-state index in [0.717, 1.165) is 23.3 Å². The molecule has 0 radical (unpaired) electrons. The molecule has 5 aromatic rings. The lowest BCUT2D eigenvalue weighted by Crippen LogP contribution is -2.10. The highest BCUT2D eigenvalue weighted by Crippen LogP contribution is 2.26. The van der Waals surface area contributed by atoms with Crippen LogP contribution in [0, 0.1) is 0 Å². The molecule has 3 heterocycles. The van der Waals surface area contributed by atoms with E-state index < -0.39 is 0 Å². The van der Waals surface area contributed by atoms with Crippen molar-refractivity contribution in [1.82, 2.24) is 19.5 Å². The molecule has 2 aromatic carbocycles. The van der Waals surface area contributed by atoms with E-state index in [-0.39, 0.29) is 0 Å². The van der Waals surface area contributed by atoms with Gasteiger partial charge in [-0.05, 0) is 59.3 Å². The molecule has 7 heteroatoms. The minimum atomic E-state index is 0.506. The van der Waals surface area contributed by atoms with Gasteiger partial charge in [-0.15, -0.1) is 0 Å². The third kappa shape index (κ3) is 3.85. The lowest BCUT2D eigenvalue weighted by atomic mass is 10.1. The van der Waals surface area contributed by atoms with Crippen LogP contribution in [0.2, 0.25) is 0 Å². The second-order valence-corrected chi connectivity index (χ2v) is 8.01. The Kier molecular flexibility index (Phi) is 5.15. The fourth-order valence-corrected chi connectivity index (χ4v) is 4.16. The summed E-state index contributed by atoms with van der Waals surface area (Å²) in [6.45, 7) is 0.708. The van der Waals surface area contributed by atoms with Crippen LogP contribution in [0.3, 0.4) is 0 Å². The zero-order valence-corrected chi connectivity index (χ0v) is 18.2. The molecule has 5 rings (SSSR count). The number of nitrogens with one attached hydrogen (secondary N) is 2. The highest BCUT2D eigenvalue weighted by atomic mass is 16.5. The fraction of sp³-hybridized carbons (Fsp3) is 0.200. The van der Waals surface area contributed by atoms with E-state index in [0.29, 0.717) is 24.7 Å². The average molecular weight is 427 g/mol. The Morgan fingerprint density at radius 3 is 2.88 bits per heavy atom. The summed E-state index contributed by atoms with van der Waals surface area (Å²) in [7, 11) is 3.75. The molecule has 0 atom stereocenters. The standard InChI is InChI=1S/C25H26N6O/c1-31-15-18(21-13-20(32-2)4-6-23(21)31)8-10-28-25-29-14-19(24(26)30-25)12-16-3-5-22-17(11-16)7-9-27-22/h3-7,9,11,13-15,27H,8,10,12H2,1-2H3,(H3,26,28,29,30). The van der Waals surface area contributed by atoms with E-state index in [1.54, 1.807) is 7.11 Å². The summed E-state index contributed by atoms with van der Waals surface area (Å²) in [5.74, 6) is 1.91. The van der Waals surface area contributed by atoms with Gasteiger partial charge in [0.05, 0.1) is 7.11 Å². The highest BCUT2D eigenvalue weighted by Gasteiger charge is 2.09. The first-order valence-electron chi connectivity index (χ1n) is 10.6. The van der Waals surface area contributed by atoms with Crippen molar-refractivity contribution in [2.75, 3.05) is 24.7 Å². The molecule has 7 nitrogen and oxygen atoms in total. The van der Waals surface area contributed by atoms with Crippen molar-refractivity contribution in [1.29, 1.82) is 0 Å². The van der Waals surface area contributed by atoms with Crippen LogP contribution in [0.1, 0.15) is 16.7 Å². The third-order valence-electron chi connectivity index (χ3n) is 5.87. The monoisotopic (exact) mass is 426 g/mol. The van der Waals surface area contributed by atoms with E-state index in [1.807, 2.05) is 18.5 Å². The van der Waals surface area contributed by atoms with Crippen molar-refractivity contribution in [3.05, 3.63) is 77.7 Å². The molecule has 0 aliphatic carbocycles. The molecule has 0 spiro atoms. The number of hydrogen-bond donors (Lipinski definition) is 3. The largest absolute Gasteiger partial charge is 0.497 e. The Labute approximate surface area is 186 Å². The summed E-state index contributed by atoms with van der Waals surface area (Å²) >= 11 is 0. The van der Waals surface area contributed by atoms with Crippen LogP contribution in [-0.4, -0.2) is 33.2 Å². The van der Waals surface area contributed by atoms with Crippen LogP contribution in [0.4, 0.5) is 11.8 Å². The molecule has 0 unspecified atom stereocenters. The number of ether oxygens (including phenoxy) is 1. The Balaban J connectivity index is 1.25. The summed E-state index contributed by atoms with van der Waals surface area (Å²) in [4.78, 5) is 12.2. The molecule has 0 aliphatic heterocycles. The quantitative estimate of drug-likeness (QED) is 0.361. The average Bonchev–Trinajstić information content (AvgIpc) is 3.39. The maximum Gasteiger partial charge on any atom is 0.224 e. The first kappa shape index (κ1) is 19.9. The van der Waals surface area contributed by atoms with Gasteiger partial charge in [-0.2, -0.15) is 4.98 Å². The van der Waals surface area contributed by atoms with Crippen LogP contribution in [0.5, 0.6) is 5.75 Å². The van der Waals surface area contributed by atoms with Gasteiger partial charge < -0.3 is 25.3 Å². The molecule has 0 saturated heterocycles. The number of nitrogen functional groups attached to an aromatic ring is 1. The maximum atomic E-state index is 6.24. The van der Waals surface area contributed by atoms with Crippen molar-refractivity contribution in [2.45, 2.75) is 12.8 Å². The van der Waals surface area contributed by atoms with E-state index in [1.165, 1.54) is 27.4 Å². The van der Waals surface area contributed by atoms with Gasteiger partial charge in [-0.25, -0.2) is 4.98 Å². The predicted octanol–water partition coefficient (Wildman–Crippen LogP) is 4.29. The normalized spacial score (nSPS) is 11.3. The van der Waals surface area contributed by atoms with E-state index in [4.69, 9.17) is 10.5 Å². The molecule has 162 valence electrons. The zero-order valence-electron chi connectivity index (χ0n) is 18.2. The predicted molar refractivity (Wildman–Crippen MR) is 129 cm³/mol. The molecule has 0 aliphatic rings. The molecule has 0 bridgehead atoms. The molecule has 0 saturated carbocycles. The molecule has 4 N–H and O–H groups in total. The van der Waals surface area contributed by atoms with E-state index in [9.17, 15) is 0 Å².